The molecular formula is C3H8N2O2S. The lowest BCUT2D eigenvalue weighted by molar-refractivity contribution is 0.260. The molecule has 5 heteroatoms. The van der Waals surface area contributed by atoms with Crippen molar-refractivity contribution in [3.05, 3.63) is 0 Å². The quantitative estimate of drug-likeness (QED) is 0.443. The summed E-state index contributed by atoms with van der Waals surface area (Å²) in [6.45, 7) is 1.09. The van der Waals surface area contributed by atoms with Crippen LogP contribution in [0.2, 0.25) is 0 Å². The molecule has 0 radical (unpaired) electrons. The molecule has 8 heavy (non-hydrogen) atoms. The standard InChI is InChI=1S/C3H8N2O2S/c4-3-1-5(2-3)8(6)7/h3H,1-2,4H2,(H,6,7). The molecule has 1 fully saturated rings. The Hall–Kier alpha value is 0.0300. The van der Waals surface area contributed by atoms with E-state index in [2.05, 4.69) is 0 Å². The van der Waals surface area contributed by atoms with Crippen molar-refractivity contribution in [1.82, 2.24) is 4.31 Å². The maximum Gasteiger partial charge on any atom is 0.234 e. The van der Waals surface area contributed by atoms with Gasteiger partial charge in [-0.2, -0.15) is 4.31 Å². The molecule has 1 rings (SSSR count). The lowest BCUT2D eigenvalue weighted by Gasteiger charge is -2.32. The first-order valence-corrected chi connectivity index (χ1v) is 3.38. The van der Waals surface area contributed by atoms with Crippen molar-refractivity contribution in [2.45, 2.75) is 6.04 Å². The van der Waals surface area contributed by atoms with Gasteiger partial charge < -0.3 is 5.73 Å². The second-order valence-electron chi connectivity index (χ2n) is 1.84. The Kier molecular flexibility index (Phi) is 1.62. The molecule has 4 nitrogen and oxygen atoms in total. The van der Waals surface area contributed by atoms with Crippen LogP contribution in [-0.4, -0.2) is 32.2 Å². The van der Waals surface area contributed by atoms with Crippen LogP contribution in [0.1, 0.15) is 0 Å². The smallest absolute Gasteiger partial charge is 0.234 e. The van der Waals surface area contributed by atoms with Crippen molar-refractivity contribution in [2.75, 3.05) is 13.1 Å². The van der Waals surface area contributed by atoms with Crippen LogP contribution in [0.5, 0.6) is 0 Å². The number of hydrogen-bond acceptors (Lipinski definition) is 2. The molecule has 48 valence electrons. The molecule has 1 unspecified atom stereocenters. The molecule has 1 atom stereocenters. The van der Waals surface area contributed by atoms with Gasteiger partial charge in [0.05, 0.1) is 0 Å². The molecule has 0 saturated carbocycles. The van der Waals surface area contributed by atoms with Crippen LogP contribution < -0.4 is 5.73 Å². The van der Waals surface area contributed by atoms with E-state index in [-0.39, 0.29) is 6.04 Å². The lowest BCUT2D eigenvalue weighted by atomic mass is 10.2. The first-order chi connectivity index (χ1) is 3.70. The largest absolute Gasteiger partial charge is 0.325 e. The zero-order valence-corrected chi connectivity index (χ0v) is 5.10. The Bertz CT molecular complexity index is 112. The summed E-state index contributed by atoms with van der Waals surface area (Å²) in [6, 6.07) is 0.103. The van der Waals surface area contributed by atoms with E-state index in [4.69, 9.17) is 10.3 Å². The summed E-state index contributed by atoms with van der Waals surface area (Å²) < 4.78 is 19.8. The maximum atomic E-state index is 10.1. The minimum absolute atomic E-state index is 0.103. The highest BCUT2D eigenvalue weighted by molar-refractivity contribution is 7.76. The zero-order valence-electron chi connectivity index (χ0n) is 4.28. The average Bonchev–Trinajstić information content (AvgIpc) is 1.57. The van der Waals surface area contributed by atoms with E-state index in [1.54, 1.807) is 0 Å². The number of hydrogen-bond donors (Lipinski definition) is 2. The van der Waals surface area contributed by atoms with Crippen molar-refractivity contribution in [3.63, 3.8) is 0 Å². The third-order valence-corrected chi connectivity index (χ3v) is 1.84. The van der Waals surface area contributed by atoms with Gasteiger partial charge in [0, 0.05) is 19.1 Å². The summed E-state index contributed by atoms with van der Waals surface area (Å²) in [4.78, 5) is 0. The summed E-state index contributed by atoms with van der Waals surface area (Å²) >= 11 is -1.79. The highest BCUT2D eigenvalue weighted by Gasteiger charge is 2.26. The van der Waals surface area contributed by atoms with E-state index in [1.807, 2.05) is 0 Å². The summed E-state index contributed by atoms with van der Waals surface area (Å²) in [5.74, 6) is 0. The number of nitrogens with two attached hydrogens (primary N) is 1. The predicted molar refractivity (Wildman–Crippen MR) is 30.3 cm³/mol. The Morgan fingerprint density at radius 1 is 1.75 bits per heavy atom. The molecule has 1 aliphatic rings. The topological polar surface area (TPSA) is 66.6 Å². The minimum atomic E-state index is -1.79. The van der Waals surface area contributed by atoms with E-state index < -0.39 is 11.3 Å². The van der Waals surface area contributed by atoms with E-state index in [0.29, 0.717) is 13.1 Å². The van der Waals surface area contributed by atoms with Gasteiger partial charge in [-0.1, -0.05) is 0 Å². The van der Waals surface area contributed by atoms with Gasteiger partial charge in [0.25, 0.3) is 0 Å². The van der Waals surface area contributed by atoms with Crippen molar-refractivity contribution in [2.24, 2.45) is 5.73 Å². The first-order valence-electron chi connectivity index (χ1n) is 2.31. The minimum Gasteiger partial charge on any atom is -0.325 e. The second kappa shape index (κ2) is 2.10. The van der Waals surface area contributed by atoms with Gasteiger partial charge in [0.15, 0.2) is 0 Å². The van der Waals surface area contributed by atoms with Crippen LogP contribution in [0.4, 0.5) is 0 Å². The molecule has 0 spiro atoms. The fraction of sp³-hybridized carbons (Fsp3) is 1.00. The third kappa shape index (κ3) is 1.05. The number of rotatable bonds is 1. The molecule has 3 N–H and O–H groups in total. The molecule has 1 saturated heterocycles. The summed E-state index contributed by atoms with van der Waals surface area (Å²) in [6.07, 6.45) is 0. The summed E-state index contributed by atoms with van der Waals surface area (Å²) in [7, 11) is 0. The molecule has 0 aliphatic carbocycles. The zero-order chi connectivity index (χ0) is 6.15. The van der Waals surface area contributed by atoms with E-state index in [9.17, 15) is 4.21 Å². The fourth-order valence-electron chi connectivity index (χ4n) is 0.597. The molecule has 1 aliphatic heterocycles. The average molecular weight is 136 g/mol. The van der Waals surface area contributed by atoms with Crippen LogP contribution >= 0.6 is 0 Å². The van der Waals surface area contributed by atoms with Crippen molar-refractivity contribution >= 4 is 11.3 Å². The molecule has 1 heterocycles. The van der Waals surface area contributed by atoms with E-state index in [1.165, 1.54) is 4.31 Å². The SMILES string of the molecule is NC1CN(S(=O)O)C1. The molecule has 0 bridgehead atoms. The molecular weight excluding hydrogens is 128 g/mol. The van der Waals surface area contributed by atoms with Crippen LogP contribution in [0.3, 0.4) is 0 Å². The van der Waals surface area contributed by atoms with Gasteiger partial charge >= 0.3 is 0 Å². The normalized spacial score (nSPS) is 27.2. The molecule has 0 aromatic heterocycles. The van der Waals surface area contributed by atoms with E-state index >= 15 is 0 Å². The van der Waals surface area contributed by atoms with Gasteiger partial charge in [-0.3, -0.25) is 4.55 Å². The van der Waals surface area contributed by atoms with Gasteiger partial charge in [0.1, 0.15) is 0 Å². The highest BCUT2D eigenvalue weighted by Crippen LogP contribution is 2.05. The van der Waals surface area contributed by atoms with E-state index in [0.717, 1.165) is 0 Å². The summed E-state index contributed by atoms with van der Waals surface area (Å²) in [5.41, 5.74) is 5.32. The molecule has 0 amide bonds. The van der Waals surface area contributed by atoms with Gasteiger partial charge in [-0.25, -0.2) is 4.21 Å². The Labute approximate surface area is 50.1 Å². The Morgan fingerprint density at radius 2 is 2.25 bits per heavy atom. The first kappa shape index (κ1) is 6.15. The fourth-order valence-corrected chi connectivity index (χ4v) is 1.24. The summed E-state index contributed by atoms with van der Waals surface area (Å²) in [5, 5.41) is 0. The third-order valence-electron chi connectivity index (χ3n) is 1.10. The monoisotopic (exact) mass is 136 g/mol. The Morgan fingerprint density at radius 3 is 2.38 bits per heavy atom. The van der Waals surface area contributed by atoms with Crippen LogP contribution in [0, 0.1) is 0 Å². The van der Waals surface area contributed by atoms with Crippen LogP contribution in [0.15, 0.2) is 0 Å². The van der Waals surface area contributed by atoms with Crippen LogP contribution in [0.25, 0.3) is 0 Å². The number of nitrogens with zero attached hydrogens (tertiary/aromatic N) is 1. The van der Waals surface area contributed by atoms with Gasteiger partial charge in [0.2, 0.25) is 11.3 Å². The lowest BCUT2D eigenvalue weighted by Crippen LogP contribution is -2.55. The maximum absolute atomic E-state index is 10.1. The van der Waals surface area contributed by atoms with Crippen LogP contribution in [-0.2, 0) is 11.3 Å². The van der Waals surface area contributed by atoms with Gasteiger partial charge in [-0.05, 0) is 0 Å². The predicted octanol–water partition coefficient (Wildman–Crippen LogP) is -1.23. The highest BCUT2D eigenvalue weighted by atomic mass is 32.2. The van der Waals surface area contributed by atoms with Gasteiger partial charge in [-0.15, -0.1) is 0 Å². The van der Waals surface area contributed by atoms with Crippen molar-refractivity contribution in [1.29, 1.82) is 0 Å². The van der Waals surface area contributed by atoms with Crippen molar-refractivity contribution < 1.29 is 8.76 Å². The second-order valence-corrected chi connectivity index (χ2v) is 2.82. The Balaban J connectivity index is 2.25. The van der Waals surface area contributed by atoms with Crippen molar-refractivity contribution in [3.8, 4) is 0 Å². The molecule has 0 aromatic rings. The molecule has 0 aromatic carbocycles.